The zero-order chi connectivity index (χ0) is 24.1. The van der Waals surface area contributed by atoms with E-state index in [9.17, 15) is 4.79 Å². The Morgan fingerprint density at radius 2 is 1.50 bits per heavy atom. The van der Waals surface area contributed by atoms with Gasteiger partial charge in [0.1, 0.15) is 16.1 Å². The quantitative estimate of drug-likeness (QED) is 0.365. The van der Waals surface area contributed by atoms with E-state index in [2.05, 4.69) is 62.0 Å². The Morgan fingerprint density at radius 3 is 2.00 bits per heavy atom. The highest BCUT2D eigenvalue weighted by Gasteiger charge is 2.09. The van der Waals surface area contributed by atoms with Gasteiger partial charge in [-0.2, -0.15) is 15.2 Å². The third-order valence-electron chi connectivity index (χ3n) is 4.70. The molecule has 0 saturated heterocycles. The van der Waals surface area contributed by atoms with Crippen LogP contribution in [-0.2, 0) is 26.9 Å². The van der Waals surface area contributed by atoms with Crippen LogP contribution in [0.2, 0.25) is 0 Å². The first-order chi connectivity index (χ1) is 15.7. The zero-order valence-corrected chi connectivity index (χ0v) is 23.3. The van der Waals surface area contributed by atoms with Gasteiger partial charge in [0.15, 0.2) is 0 Å². The Kier molecular flexibility index (Phi) is 9.95. The van der Waals surface area contributed by atoms with Crippen LogP contribution in [0.1, 0.15) is 34.2 Å². The van der Waals surface area contributed by atoms with Gasteiger partial charge in [0.25, 0.3) is 5.56 Å². The summed E-state index contributed by atoms with van der Waals surface area (Å²) in [5, 5.41) is 8.52. The lowest BCUT2D eigenvalue weighted by atomic mass is 10.2. The van der Waals surface area contributed by atoms with Crippen LogP contribution in [0.15, 0.2) is 38.5 Å². The fourth-order valence-corrected chi connectivity index (χ4v) is 3.67. The Labute approximate surface area is 219 Å². The van der Waals surface area contributed by atoms with Crippen LogP contribution in [0.3, 0.4) is 0 Å². The maximum absolute atomic E-state index is 11.4. The number of methoxy groups -OCH3 is 1. The first-order valence-corrected chi connectivity index (χ1v) is 11.5. The highest BCUT2D eigenvalue weighted by atomic mass is 79.9. The van der Waals surface area contributed by atoms with Crippen molar-refractivity contribution in [2.45, 2.75) is 26.7 Å². The number of H-pyrrole nitrogens is 1. The topological polar surface area (TPSA) is 116 Å². The molecule has 34 heavy (non-hydrogen) atoms. The van der Waals surface area contributed by atoms with Crippen molar-refractivity contribution in [1.82, 2.24) is 39.5 Å². The molecule has 1 N–H and O–H groups in total. The molecule has 0 spiro atoms. The summed E-state index contributed by atoms with van der Waals surface area (Å²) in [5.74, 6) is 1.92. The highest BCUT2D eigenvalue weighted by Crippen LogP contribution is 2.21. The molecule has 4 rings (SSSR count). The van der Waals surface area contributed by atoms with Crippen LogP contribution in [0.5, 0.6) is 5.88 Å². The monoisotopic (exact) mass is 614 g/mol. The number of ether oxygens (including phenoxy) is 1. The van der Waals surface area contributed by atoms with Crippen LogP contribution >= 0.6 is 44.3 Å². The van der Waals surface area contributed by atoms with Crippen molar-refractivity contribution in [2.75, 3.05) is 7.11 Å². The molecule has 10 nitrogen and oxygen atoms in total. The molecule has 0 unspecified atom stereocenters. The molecule has 0 aliphatic carbocycles. The maximum Gasteiger partial charge on any atom is 0.265 e. The molecule has 4 aromatic heterocycles. The van der Waals surface area contributed by atoms with E-state index in [-0.39, 0.29) is 18.0 Å². The molecule has 0 aliphatic heterocycles. The third-order valence-corrected chi connectivity index (χ3v) is 5.81. The van der Waals surface area contributed by atoms with E-state index in [0.717, 1.165) is 32.8 Å². The normalized spacial score (nSPS) is 10.3. The second kappa shape index (κ2) is 12.2. The lowest BCUT2D eigenvalue weighted by Crippen LogP contribution is -2.11. The molecule has 0 atom stereocenters. The molecular weight excluding hydrogens is 592 g/mol. The van der Waals surface area contributed by atoms with Gasteiger partial charge >= 0.3 is 0 Å². The Bertz CT molecular complexity index is 1320. The van der Waals surface area contributed by atoms with Gasteiger partial charge in [-0.1, -0.05) is 0 Å². The van der Waals surface area contributed by atoms with Crippen LogP contribution in [-0.4, -0.2) is 46.6 Å². The molecule has 0 bridgehead atoms. The molecule has 0 aliphatic rings. The van der Waals surface area contributed by atoms with E-state index in [1.807, 2.05) is 40.3 Å². The fraction of sp³-hybridized carbons (Fsp3) is 0.333. The number of rotatable bonds is 5. The van der Waals surface area contributed by atoms with Crippen molar-refractivity contribution in [1.29, 1.82) is 0 Å². The Hall–Kier alpha value is -2.57. The summed E-state index contributed by atoms with van der Waals surface area (Å²) in [4.78, 5) is 26.8. The van der Waals surface area contributed by atoms with Crippen molar-refractivity contribution >= 4 is 44.3 Å². The van der Waals surface area contributed by atoms with E-state index < -0.39 is 0 Å². The minimum atomic E-state index is -0.161. The van der Waals surface area contributed by atoms with Crippen LogP contribution in [0.25, 0.3) is 0 Å². The summed E-state index contributed by atoms with van der Waals surface area (Å²) in [6, 6.07) is 0. The van der Waals surface area contributed by atoms with Gasteiger partial charge in [0, 0.05) is 62.9 Å². The number of nitrogens with one attached hydrogen (secondary N) is 1. The van der Waals surface area contributed by atoms with Crippen LogP contribution in [0, 0.1) is 13.8 Å². The predicted molar refractivity (Wildman–Crippen MR) is 138 cm³/mol. The summed E-state index contributed by atoms with van der Waals surface area (Å²) < 4.78 is 9.88. The smallest absolute Gasteiger partial charge is 0.265 e. The first-order valence-electron chi connectivity index (χ1n) is 9.93. The molecule has 13 heteroatoms. The fourth-order valence-electron chi connectivity index (χ4n) is 3.12. The zero-order valence-electron chi connectivity index (χ0n) is 19.3. The van der Waals surface area contributed by atoms with E-state index >= 15 is 0 Å². The van der Waals surface area contributed by atoms with Crippen LogP contribution in [0.4, 0.5) is 0 Å². The Morgan fingerprint density at radius 1 is 0.941 bits per heavy atom. The molecule has 182 valence electrons. The van der Waals surface area contributed by atoms with Gasteiger partial charge in [-0.3, -0.25) is 14.2 Å². The third kappa shape index (κ3) is 7.21. The second-order valence-corrected chi connectivity index (χ2v) is 9.04. The van der Waals surface area contributed by atoms with E-state index in [1.54, 1.807) is 22.7 Å². The van der Waals surface area contributed by atoms with Gasteiger partial charge in [-0.15, -0.1) is 12.4 Å². The summed E-state index contributed by atoms with van der Waals surface area (Å²) >= 11 is 6.44. The Balaban J connectivity index is 0.000000234. The number of hydrogen-bond donors (Lipinski definition) is 1. The molecule has 4 heterocycles. The van der Waals surface area contributed by atoms with Crippen molar-refractivity contribution in [3.05, 3.63) is 78.3 Å². The summed E-state index contributed by atoms with van der Waals surface area (Å²) in [5.41, 5.74) is 3.97. The van der Waals surface area contributed by atoms with Crippen molar-refractivity contribution < 1.29 is 4.74 Å². The molecule has 0 saturated carbocycles. The van der Waals surface area contributed by atoms with Crippen molar-refractivity contribution in [2.24, 2.45) is 14.1 Å². The lowest BCUT2D eigenvalue weighted by molar-refractivity contribution is 0.392. The van der Waals surface area contributed by atoms with Crippen LogP contribution < -0.4 is 10.3 Å². The number of aromatic nitrogens is 8. The predicted octanol–water partition coefficient (Wildman–Crippen LogP) is 3.47. The maximum atomic E-state index is 11.4. The number of aromatic amines is 1. The van der Waals surface area contributed by atoms with E-state index in [1.165, 1.54) is 6.20 Å². The van der Waals surface area contributed by atoms with Gasteiger partial charge in [0.05, 0.1) is 23.0 Å². The largest absolute Gasteiger partial charge is 0.480 e. The van der Waals surface area contributed by atoms with E-state index in [0.29, 0.717) is 29.0 Å². The van der Waals surface area contributed by atoms with Crippen molar-refractivity contribution in [3.63, 3.8) is 0 Å². The van der Waals surface area contributed by atoms with E-state index in [4.69, 9.17) is 4.74 Å². The van der Waals surface area contributed by atoms with Gasteiger partial charge < -0.3 is 9.72 Å². The molecule has 0 aromatic carbocycles. The minimum Gasteiger partial charge on any atom is -0.480 e. The average Bonchev–Trinajstić information content (AvgIpc) is 3.25. The second-order valence-electron chi connectivity index (χ2n) is 7.33. The minimum absolute atomic E-state index is 0. The standard InChI is InChI=1S/C11H13BrN4O.C10H11BrN4O.ClH/c1-7-8(6-16(2)15-7)4-10-13-5-9(12)11(14-10)17-3;1-6-7(5-15(2)14-6)3-9-12-4-8(11)10(16)13-9;/h5-6H,4H2,1-3H3;4-5H,3H2,1-2H3,(H,12,13,16);1H. The van der Waals surface area contributed by atoms with Gasteiger partial charge in [-0.25, -0.2) is 9.97 Å². The summed E-state index contributed by atoms with van der Waals surface area (Å²) in [6.07, 6.45) is 8.36. The molecule has 4 aromatic rings. The molecule has 0 amide bonds. The highest BCUT2D eigenvalue weighted by molar-refractivity contribution is 9.10. The lowest BCUT2D eigenvalue weighted by Gasteiger charge is -2.04. The SMILES string of the molecule is COc1nc(Cc2cn(C)nc2C)ncc1Br.Cc1nn(C)cc1Cc1ncc(Br)c(=O)[nH]1.Cl. The molecule has 0 fully saturated rings. The number of aryl methyl sites for hydroxylation is 4. The van der Waals surface area contributed by atoms with Crippen molar-refractivity contribution in [3.8, 4) is 5.88 Å². The average molecular weight is 617 g/mol. The number of halogens is 3. The number of hydrogen-bond acceptors (Lipinski definition) is 7. The summed E-state index contributed by atoms with van der Waals surface area (Å²) in [6.45, 7) is 3.91. The van der Waals surface area contributed by atoms with Gasteiger partial charge in [0.2, 0.25) is 5.88 Å². The first kappa shape index (κ1) is 27.7. The number of nitrogens with zero attached hydrogens (tertiary/aromatic N) is 7. The summed E-state index contributed by atoms with van der Waals surface area (Å²) in [7, 11) is 5.36. The molecular formula is C21H25Br2ClN8O2. The van der Waals surface area contributed by atoms with Gasteiger partial charge in [-0.05, 0) is 45.7 Å². The molecule has 0 radical (unpaired) electrons.